The lowest BCUT2D eigenvalue weighted by atomic mass is 10.1. The van der Waals surface area contributed by atoms with E-state index in [0.717, 1.165) is 13.0 Å². The van der Waals surface area contributed by atoms with E-state index in [-0.39, 0.29) is 0 Å². The first-order valence-corrected chi connectivity index (χ1v) is 5.09. The van der Waals surface area contributed by atoms with Crippen LogP contribution in [0.2, 0.25) is 0 Å². The van der Waals surface area contributed by atoms with Crippen molar-refractivity contribution in [1.82, 2.24) is 4.90 Å². The minimum absolute atomic E-state index is 0.489. The molecule has 0 aromatic carbocycles. The lowest BCUT2D eigenvalue weighted by Gasteiger charge is -2.28. The van der Waals surface area contributed by atoms with Crippen molar-refractivity contribution >= 4 is 6.21 Å². The van der Waals surface area contributed by atoms with Crippen LogP contribution in [0.1, 0.15) is 32.6 Å². The normalized spacial score (nSPS) is 22.1. The lowest BCUT2D eigenvalue weighted by molar-refractivity contribution is 0.213. The molecule has 12 heavy (non-hydrogen) atoms. The third kappa shape index (κ3) is 2.94. The van der Waals surface area contributed by atoms with E-state index in [1.807, 2.05) is 0 Å². The first-order valence-electron chi connectivity index (χ1n) is 5.09. The van der Waals surface area contributed by atoms with Gasteiger partial charge in [0.15, 0.2) is 0 Å². The first kappa shape index (κ1) is 9.72. The highest BCUT2D eigenvalue weighted by molar-refractivity contribution is 5.56. The molecule has 0 unspecified atom stereocenters. The SMILES string of the molecule is CC[C@@H](C=N)CN1CCCCC1. The van der Waals surface area contributed by atoms with Gasteiger partial charge in [0.05, 0.1) is 0 Å². The number of nitrogens with zero attached hydrogens (tertiary/aromatic N) is 1. The number of nitrogens with one attached hydrogen (secondary N) is 1. The molecule has 1 N–H and O–H groups in total. The number of hydrogen-bond acceptors (Lipinski definition) is 2. The number of rotatable bonds is 4. The minimum Gasteiger partial charge on any atom is -0.313 e. The molecule has 0 bridgehead atoms. The van der Waals surface area contributed by atoms with Gasteiger partial charge >= 0.3 is 0 Å². The highest BCUT2D eigenvalue weighted by atomic mass is 15.1. The van der Waals surface area contributed by atoms with Gasteiger partial charge in [0.1, 0.15) is 0 Å². The summed E-state index contributed by atoms with van der Waals surface area (Å²) in [7, 11) is 0. The molecule has 0 aromatic heterocycles. The Labute approximate surface area is 75.5 Å². The van der Waals surface area contributed by atoms with Crippen LogP contribution in [0.5, 0.6) is 0 Å². The Balaban J connectivity index is 2.22. The number of piperidine rings is 1. The van der Waals surface area contributed by atoms with Crippen LogP contribution in [0.3, 0.4) is 0 Å². The molecule has 0 amide bonds. The molecule has 2 nitrogen and oxygen atoms in total. The van der Waals surface area contributed by atoms with Gasteiger partial charge in [-0.3, -0.25) is 0 Å². The topological polar surface area (TPSA) is 27.1 Å². The Morgan fingerprint density at radius 2 is 2.00 bits per heavy atom. The van der Waals surface area contributed by atoms with Crippen molar-refractivity contribution in [1.29, 1.82) is 5.41 Å². The average Bonchev–Trinajstić information content (AvgIpc) is 2.16. The molecule has 1 heterocycles. The second kappa shape index (κ2) is 5.31. The van der Waals surface area contributed by atoms with Gasteiger partial charge in [-0.1, -0.05) is 13.3 Å². The molecule has 1 rings (SSSR count). The van der Waals surface area contributed by atoms with Gasteiger partial charge in [0, 0.05) is 12.5 Å². The smallest absolute Gasteiger partial charge is 0.00601 e. The van der Waals surface area contributed by atoms with E-state index in [2.05, 4.69) is 11.8 Å². The van der Waals surface area contributed by atoms with E-state index >= 15 is 0 Å². The van der Waals surface area contributed by atoms with Gasteiger partial charge in [-0.2, -0.15) is 0 Å². The predicted octanol–water partition coefficient (Wildman–Crippen LogP) is 2.15. The molecule has 0 radical (unpaired) electrons. The highest BCUT2D eigenvalue weighted by Crippen LogP contribution is 2.11. The average molecular weight is 168 g/mol. The summed E-state index contributed by atoms with van der Waals surface area (Å²) in [5.74, 6) is 0.489. The summed E-state index contributed by atoms with van der Waals surface area (Å²) in [4.78, 5) is 2.50. The van der Waals surface area contributed by atoms with E-state index in [0.29, 0.717) is 5.92 Å². The highest BCUT2D eigenvalue weighted by Gasteiger charge is 2.13. The molecule has 1 atom stereocenters. The van der Waals surface area contributed by atoms with Crippen molar-refractivity contribution in [2.45, 2.75) is 32.6 Å². The second-order valence-corrected chi connectivity index (χ2v) is 3.70. The Hall–Kier alpha value is -0.370. The van der Waals surface area contributed by atoms with E-state index in [1.165, 1.54) is 32.4 Å². The molecule has 1 aliphatic rings. The van der Waals surface area contributed by atoms with Crippen molar-refractivity contribution in [2.24, 2.45) is 5.92 Å². The lowest BCUT2D eigenvalue weighted by Crippen LogP contribution is -2.34. The molecule has 0 spiro atoms. The molecule has 1 aliphatic heterocycles. The van der Waals surface area contributed by atoms with Gasteiger partial charge in [0.2, 0.25) is 0 Å². The molecule has 2 heteroatoms. The largest absolute Gasteiger partial charge is 0.313 e. The van der Waals surface area contributed by atoms with Gasteiger partial charge in [-0.05, 0) is 38.6 Å². The Kier molecular flexibility index (Phi) is 4.30. The van der Waals surface area contributed by atoms with Crippen molar-refractivity contribution < 1.29 is 0 Å². The maximum Gasteiger partial charge on any atom is 0.00601 e. The maximum absolute atomic E-state index is 7.23. The van der Waals surface area contributed by atoms with Crippen LogP contribution in [0, 0.1) is 11.3 Å². The van der Waals surface area contributed by atoms with E-state index < -0.39 is 0 Å². The van der Waals surface area contributed by atoms with E-state index in [4.69, 9.17) is 5.41 Å². The van der Waals surface area contributed by atoms with Crippen molar-refractivity contribution in [3.63, 3.8) is 0 Å². The van der Waals surface area contributed by atoms with Crippen LogP contribution in [0.15, 0.2) is 0 Å². The van der Waals surface area contributed by atoms with Crippen LogP contribution in [0.4, 0.5) is 0 Å². The fourth-order valence-corrected chi connectivity index (χ4v) is 1.77. The Bertz CT molecular complexity index is 128. The van der Waals surface area contributed by atoms with Crippen LogP contribution in [-0.4, -0.2) is 30.7 Å². The molecular weight excluding hydrogens is 148 g/mol. The minimum atomic E-state index is 0.489. The van der Waals surface area contributed by atoms with Crippen molar-refractivity contribution in [3.8, 4) is 0 Å². The molecule has 0 saturated carbocycles. The zero-order valence-corrected chi connectivity index (χ0v) is 8.05. The molecule has 1 fully saturated rings. The number of hydrogen-bond donors (Lipinski definition) is 1. The molecule has 0 aliphatic carbocycles. The van der Waals surface area contributed by atoms with Crippen molar-refractivity contribution in [3.05, 3.63) is 0 Å². The van der Waals surface area contributed by atoms with Gasteiger partial charge < -0.3 is 10.3 Å². The van der Waals surface area contributed by atoms with E-state index in [9.17, 15) is 0 Å². The Morgan fingerprint density at radius 3 is 2.50 bits per heavy atom. The summed E-state index contributed by atoms with van der Waals surface area (Å²) >= 11 is 0. The zero-order valence-electron chi connectivity index (χ0n) is 8.05. The summed E-state index contributed by atoms with van der Waals surface area (Å²) < 4.78 is 0. The van der Waals surface area contributed by atoms with Crippen LogP contribution in [0.25, 0.3) is 0 Å². The quantitative estimate of drug-likeness (QED) is 0.640. The number of likely N-dealkylation sites (tertiary alicyclic amines) is 1. The van der Waals surface area contributed by atoms with Crippen LogP contribution >= 0.6 is 0 Å². The fourth-order valence-electron chi connectivity index (χ4n) is 1.77. The summed E-state index contributed by atoms with van der Waals surface area (Å²) in [6.45, 7) is 5.79. The zero-order chi connectivity index (χ0) is 8.81. The third-order valence-electron chi connectivity index (χ3n) is 2.70. The van der Waals surface area contributed by atoms with Crippen molar-refractivity contribution in [2.75, 3.05) is 19.6 Å². The van der Waals surface area contributed by atoms with E-state index in [1.54, 1.807) is 6.21 Å². The Morgan fingerprint density at radius 1 is 1.33 bits per heavy atom. The summed E-state index contributed by atoms with van der Waals surface area (Å²) in [6.07, 6.45) is 6.83. The summed E-state index contributed by atoms with van der Waals surface area (Å²) in [6, 6.07) is 0. The summed E-state index contributed by atoms with van der Waals surface area (Å²) in [5, 5.41) is 7.23. The molecular formula is C10H20N2. The van der Waals surface area contributed by atoms with Gasteiger partial charge in [-0.25, -0.2) is 0 Å². The van der Waals surface area contributed by atoms with Gasteiger partial charge in [-0.15, -0.1) is 0 Å². The predicted molar refractivity (Wildman–Crippen MR) is 52.9 cm³/mol. The molecule has 0 aromatic rings. The van der Waals surface area contributed by atoms with Crippen LogP contribution < -0.4 is 0 Å². The fraction of sp³-hybridized carbons (Fsp3) is 0.900. The second-order valence-electron chi connectivity index (χ2n) is 3.70. The third-order valence-corrected chi connectivity index (χ3v) is 2.70. The summed E-state index contributed by atoms with van der Waals surface area (Å²) in [5.41, 5.74) is 0. The van der Waals surface area contributed by atoms with Crippen LogP contribution in [-0.2, 0) is 0 Å². The standard InChI is InChI=1S/C10H20N2/c1-2-10(8-11)9-12-6-4-3-5-7-12/h8,10-11H,2-7,9H2,1H3/t10-/m0/s1. The maximum atomic E-state index is 7.23. The first-order chi connectivity index (χ1) is 5.86. The molecule has 70 valence electrons. The molecule has 1 saturated heterocycles. The van der Waals surface area contributed by atoms with Gasteiger partial charge in [0.25, 0.3) is 0 Å². The monoisotopic (exact) mass is 168 g/mol.